The molecule has 0 amide bonds. The van der Waals surface area contributed by atoms with E-state index in [4.69, 9.17) is 14.6 Å². The van der Waals surface area contributed by atoms with Gasteiger partial charge in [0.2, 0.25) is 0 Å². The highest BCUT2D eigenvalue weighted by molar-refractivity contribution is 6.66. The fourth-order valence-corrected chi connectivity index (χ4v) is 4.17. The van der Waals surface area contributed by atoms with Gasteiger partial charge in [-0.2, -0.15) is 0 Å². The van der Waals surface area contributed by atoms with Crippen molar-refractivity contribution in [3.8, 4) is 0 Å². The normalized spacial score (nSPS) is 12.0. The van der Waals surface area contributed by atoms with E-state index in [0.717, 1.165) is 64.6 Å². The second-order valence-electron chi connectivity index (χ2n) is 4.83. The molecule has 0 spiro atoms. The van der Waals surface area contributed by atoms with Crippen LogP contribution in [0.3, 0.4) is 0 Å². The second kappa shape index (κ2) is 12.1. The van der Waals surface area contributed by atoms with Gasteiger partial charge in [-0.1, -0.05) is 13.8 Å². The molecular weight excluding hydrogens is 244 g/mol. The van der Waals surface area contributed by atoms with Gasteiger partial charge in [-0.05, 0) is 57.9 Å². The first-order valence-corrected chi connectivity index (χ1v) is 9.89. The maximum atomic E-state index is 5.98. The predicted molar refractivity (Wildman–Crippen MR) is 80.1 cm³/mol. The van der Waals surface area contributed by atoms with Crippen LogP contribution in [0.4, 0.5) is 0 Å². The van der Waals surface area contributed by atoms with Crippen LogP contribution in [0.5, 0.6) is 0 Å². The van der Waals surface area contributed by atoms with Gasteiger partial charge in [0, 0.05) is 13.2 Å². The zero-order valence-electron chi connectivity index (χ0n) is 12.5. The lowest BCUT2D eigenvalue weighted by atomic mass is 10.4. The molecule has 3 N–H and O–H groups in total. The summed E-state index contributed by atoms with van der Waals surface area (Å²) < 4.78 is 12.0. The molecule has 0 atom stereocenters. The number of rotatable bonds is 13. The van der Waals surface area contributed by atoms with Crippen LogP contribution >= 0.6 is 0 Å². The molecule has 18 heavy (non-hydrogen) atoms. The first kappa shape index (κ1) is 18.1. The number of hydrogen-bond donors (Lipinski definition) is 2. The van der Waals surface area contributed by atoms with Gasteiger partial charge < -0.3 is 19.9 Å². The summed E-state index contributed by atoms with van der Waals surface area (Å²) >= 11 is 0. The predicted octanol–water partition coefficient (Wildman–Crippen LogP) is 2.24. The van der Waals surface area contributed by atoms with E-state index in [-0.39, 0.29) is 0 Å². The summed E-state index contributed by atoms with van der Waals surface area (Å²) in [5, 5.41) is 3.40. The Morgan fingerprint density at radius 2 is 1.56 bits per heavy atom. The van der Waals surface area contributed by atoms with E-state index in [1.807, 2.05) is 0 Å². The molecule has 0 aromatic carbocycles. The molecule has 0 aromatic rings. The summed E-state index contributed by atoms with van der Waals surface area (Å²) in [5.41, 5.74) is 5.45. The maximum absolute atomic E-state index is 5.98. The van der Waals surface area contributed by atoms with Crippen molar-refractivity contribution in [1.82, 2.24) is 5.32 Å². The monoisotopic (exact) mass is 276 g/mol. The molecule has 0 aliphatic rings. The zero-order chi connectivity index (χ0) is 13.7. The van der Waals surface area contributed by atoms with Crippen molar-refractivity contribution in [3.63, 3.8) is 0 Å². The summed E-state index contributed by atoms with van der Waals surface area (Å²) in [4.78, 5) is 0. The van der Waals surface area contributed by atoms with E-state index in [1.165, 1.54) is 0 Å². The van der Waals surface area contributed by atoms with Crippen LogP contribution in [0, 0.1) is 0 Å². The molecule has 5 heteroatoms. The molecule has 0 radical (unpaired) electrons. The number of nitrogens with one attached hydrogen (secondary N) is 1. The zero-order valence-corrected chi connectivity index (χ0v) is 13.5. The highest BCUT2D eigenvalue weighted by atomic mass is 28.4. The fourth-order valence-electron chi connectivity index (χ4n) is 1.71. The first-order valence-electron chi connectivity index (χ1n) is 7.37. The van der Waals surface area contributed by atoms with Gasteiger partial charge in [0.25, 0.3) is 0 Å². The maximum Gasteiger partial charge on any atom is 0.334 e. The first-order chi connectivity index (χ1) is 8.68. The third-order valence-corrected chi connectivity index (χ3v) is 5.66. The third-order valence-electron chi connectivity index (χ3n) is 2.77. The smallest absolute Gasteiger partial charge is 0.334 e. The molecule has 0 aliphatic carbocycles. The van der Waals surface area contributed by atoms with Crippen LogP contribution < -0.4 is 11.1 Å². The number of hydrogen-bond acceptors (Lipinski definition) is 4. The van der Waals surface area contributed by atoms with E-state index >= 15 is 0 Å². The van der Waals surface area contributed by atoms with Gasteiger partial charge in [0.1, 0.15) is 0 Å². The SMILES string of the molecule is CCCO[Si](C)(CCCNCCCN)OCCC. The summed E-state index contributed by atoms with van der Waals surface area (Å²) in [6.45, 7) is 10.9. The summed E-state index contributed by atoms with van der Waals surface area (Å²) in [6, 6.07) is 1.07. The van der Waals surface area contributed by atoms with Crippen LogP contribution in [0.25, 0.3) is 0 Å². The van der Waals surface area contributed by atoms with Crippen molar-refractivity contribution < 1.29 is 8.85 Å². The molecular formula is C13H32N2O2Si. The Morgan fingerprint density at radius 1 is 1.00 bits per heavy atom. The Morgan fingerprint density at radius 3 is 2.06 bits per heavy atom. The largest absolute Gasteiger partial charge is 0.394 e. The summed E-state index contributed by atoms with van der Waals surface area (Å²) in [7, 11) is -1.92. The van der Waals surface area contributed by atoms with Crippen LogP contribution in [0.2, 0.25) is 12.6 Å². The van der Waals surface area contributed by atoms with Gasteiger partial charge in [-0.25, -0.2) is 0 Å². The topological polar surface area (TPSA) is 56.5 Å². The van der Waals surface area contributed by atoms with Gasteiger partial charge in [0.15, 0.2) is 0 Å². The molecule has 4 nitrogen and oxygen atoms in total. The summed E-state index contributed by atoms with van der Waals surface area (Å²) in [6.07, 6.45) is 4.30. The Balaban J connectivity index is 3.77. The van der Waals surface area contributed by atoms with Crippen molar-refractivity contribution >= 4 is 8.56 Å². The average Bonchev–Trinajstić information content (AvgIpc) is 2.38. The van der Waals surface area contributed by atoms with E-state index < -0.39 is 8.56 Å². The lowest BCUT2D eigenvalue weighted by molar-refractivity contribution is 0.172. The molecule has 0 saturated carbocycles. The fraction of sp³-hybridized carbons (Fsp3) is 1.00. The number of nitrogens with two attached hydrogens (primary N) is 1. The molecule has 0 fully saturated rings. The molecule has 0 aliphatic heterocycles. The van der Waals surface area contributed by atoms with Crippen LogP contribution in [-0.2, 0) is 8.85 Å². The van der Waals surface area contributed by atoms with Crippen molar-refractivity contribution in [1.29, 1.82) is 0 Å². The highest BCUT2D eigenvalue weighted by Gasteiger charge is 2.30. The molecule has 0 unspecified atom stereocenters. The van der Waals surface area contributed by atoms with Gasteiger partial charge in [-0.3, -0.25) is 0 Å². The minimum Gasteiger partial charge on any atom is -0.394 e. The quantitative estimate of drug-likeness (QED) is 0.400. The van der Waals surface area contributed by atoms with Gasteiger partial charge in [-0.15, -0.1) is 0 Å². The van der Waals surface area contributed by atoms with Gasteiger partial charge in [0.05, 0.1) is 0 Å². The molecule has 0 heterocycles. The van der Waals surface area contributed by atoms with Crippen molar-refractivity contribution in [2.45, 2.75) is 52.1 Å². The second-order valence-corrected chi connectivity index (χ2v) is 8.17. The lowest BCUT2D eigenvalue weighted by Gasteiger charge is -2.27. The Bertz CT molecular complexity index is 174. The average molecular weight is 276 g/mol. The standard InChI is InChI=1S/C13H32N2O2Si/c1-4-11-16-18(3,17-12-5-2)13-7-10-15-9-6-8-14/h15H,4-14H2,1-3H3. The highest BCUT2D eigenvalue weighted by Crippen LogP contribution is 2.16. The minimum absolute atomic E-state index is 0.763. The van der Waals surface area contributed by atoms with E-state index in [2.05, 4.69) is 25.7 Å². The van der Waals surface area contributed by atoms with E-state index in [9.17, 15) is 0 Å². The van der Waals surface area contributed by atoms with Crippen LogP contribution in [-0.4, -0.2) is 41.4 Å². The molecule has 110 valence electrons. The van der Waals surface area contributed by atoms with Crippen LogP contribution in [0.1, 0.15) is 39.5 Å². The lowest BCUT2D eigenvalue weighted by Crippen LogP contribution is -2.40. The molecule has 0 rings (SSSR count). The molecule has 0 bridgehead atoms. The minimum atomic E-state index is -1.92. The van der Waals surface area contributed by atoms with Crippen molar-refractivity contribution in [2.75, 3.05) is 32.8 Å². The Kier molecular flexibility index (Phi) is 12.1. The van der Waals surface area contributed by atoms with E-state index in [0.29, 0.717) is 0 Å². The third kappa shape index (κ3) is 10.0. The summed E-state index contributed by atoms with van der Waals surface area (Å²) in [5.74, 6) is 0. The van der Waals surface area contributed by atoms with Crippen LogP contribution in [0.15, 0.2) is 0 Å². The van der Waals surface area contributed by atoms with E-state index in [1.54, 1.807) is 0 Å². The van der Waals surface area contributed by atoms with Gasteiger partial charge >= 0.3 is 8.56 Å². The van der Waals surface area contributed by atoms with Crippen molar-refractivity contribution in [3.05, 3.63) is 0 Å². The molecule has 0 saturated heterocycles. The Labute approximate surface area is 114 Å². The van der Waals surface area contributed by atoms with Crippen molar-refractivity contribution in [2.24, 2.45) is 5.73 Å². The molecule has 0 aromatic heterocycles. The Hall–Kier alpha value is 0.0569.